The summed E-state index contributed by atoms with van der Waals surface area (Å²) < 4.78 is 13.2. The van der Waals surface area contributed by atoms with Crippen LogP contribution in [-0.4, -0.2) is 33.5 Å². The Balaban J connectivity index is 2.28. The number of aliphatic hydroxyl groups excluding tert-OH is 2. The molecule has 2 unspecified atom stereocenters. The lowest BCUT2D eigenvalue weighted by Crippen LogP contribution is -2.19. The quantitative estimate of drug-likeness (QED) is 0.645. The van der Waals surface area contributed by atoms with Gasteiger partial charge in [0.2, 0.25) is 0 Å². The molecule has 2 atom stereocenters. The van der Waals surface area contributed by atoms with Crippen LogP contribution in [-0.2, 0) is 4.79 Å². The van der Waals surface area contributed by atoms with E-state index in [-0.39, 0.29) is 12.2 Å². The van der Waals surface area contributed by atoms with Crippen molar-refractivity contribution >= 4 is 35.2 Å². The maximum atomic E-state index is 13.2. The zero-order chi connectivity index (χ0) is 19.3. The molecule has 0 aromatic heterocycles. The van der Waals surface area contributed by atoms with E-state index < -0.39 is 24.6 Å². The molecular weight excluding hydrogens is 382 g/mol. The van der Waals surface area contributed by atoms with E-state index in [1.807, 2.05) is 0 Å². The average molecular weight is 399 g/mol. The zero-order valence-corrected chi connectivity index (χ0v) is 15.1. The minimum atomic E-state index is -1.16. The highest BCUT2D eigenvalue weighted by Gasteiger charge is 2.14. The lowest BCUT2D eigenvalue weighted by atomic mass is 9.98. The molecule has 2 rings (SSSR count). The van der Waals surface area contributed by atoms with Crippen molar-refractivity contribution in [1.82, 2.24) is 0 Å². The fourth-order valence-corrected chi connectivity index (χ4v) is 3.03. The van der Waals surface area contributed by atoms with Crippen molar-refractivity contribution < 1.29 is 24.5 Å². The van der Waals surface area contributed by atoms with Crippen molar-refractivity contribution in [3.05, 3.63) is 63.9 Å². The number of aliphatic carboxylic acids is 1. The van der Waals surface area contributed by atoms with Gasteiger partial charge in [0.25, 0.3) is 0 Å². The van der Waals surface area contributed by atoms with E-state index in [9.17, 15) is 19.4 Å². The van der Waals surface area contributed by atoms with Crippen LogP contribution in [0.25, 0.3) is 17.2 Å². The summed E-state index contributed by atoms with van der Waals surface area (Å²) >= 11 is 12.3. The molecule has 2 aromatic rings. The van der Waals surface area contributed by atoms with Gasteiger partial charge in [-0.3, -0.25) is 4.79 Å². The molecule has 3 N–H and O–H groups in total. The Hall–Kier alpha value is -1.92. The van der Waals surface area contributed by atoms with Gasteiger partial charge in [-0.1, -0.05) is 47.5 Å². The molecule has 0 aliphatic carbocycles. The van der Waals surface area contributed by atoms with Crippen LogP contribution >= 0.6 is 23.2 Å². The number of aliphatic hydroxyl groups is 2. The van der Waals surface area contributed by atoms with Crippen LogP contribution in [0.1, 0.15) is 18.4 Å². The number of carboxylic acids is 1. The minimum absolute atomic E-state index is 0.125. The van der Waals surface area contributed by atoms with E-state index in [1.165, 1.54) is 18.2 Å². The molecule has 26 heavy (non-hydrogen) atoms. The van der Waals surface area contributed by atoms with Gasteiger partial charge in [-0.05, 0) is 35.4 Å². The molecule has 2 aromatic carbocycles. The Kier molecular flexibility index (Phi) is 7.17. The largest absolute Gasteiger partial charge is 0.481 e. The van der Waals surface area contributed by atoms with Crippen molar-refractivity contribution in [2.24, 2.45) is 0 Å². The Morgan fingerprint density at radius 2 is 1.81 bits per heavy atom. The highest BCUT2D eigenvalue weighted by atomic mass is 35.5. The number of rotatable bonds is 7. The maximum Gasteiger partial charge on any atom is 0.305 e. The molecule has 4 nitrogen and oxygen atoms in total. The number of carbonyl (C=O) groups is 1. The molecule has 7 heteroatoms. The van der Waals surface area contributed by atoms with Gasteiger partial charge >= 0.3 is 5.97 Å². The van der Waals surface area contributed by atoms with Crippen molar-refractivity contribution in [1.29, 1.82) is 0 Å². The third-order valence-corrected chi connectivity index (χ3v) is 4.19. The second-order valence-electron chi connectivity index (χ2n) is 5.77. The molecule has 138 valence electrons. The first kappa shape index (κ1) is 20.4. The minimum Gasteiger partial charge on any atom is -0.481 e. The van der Waals surface area contributed by atoms with E-state index >= 15 is 0 Å². The summed E-state index contributed by atoms with van der Waals surface area (Å²) in [6.45, 7) is 0. The van der Waals surface area contributed by atoms with Gasteiger partial charge < -0.3 is 15.3 Å². The van der Waals surface area contributed by atoms with Crippen LogP contribution < -0.4 is 0 Å². The molecule has 0 saturated heterocycles. The van der Waals surface area contributed by atoms with E-state index in [0.29, 0.717) is 26.7 Å². The van der Waals surface area contributed by atoms with Crippen LogP contribution in [0.3, 0.4) is 0 Å². The highest BCUT2D eigenvalue weighted by Crippen LogP contribution is 2.34. The summed E-state index contributed by atoms with van der Waals surface area (Å²) in [5, 5.41) is 28.9. The molecule has 0 amide bonds. The standard InChI is InChI=1S/C19H17Cl2FO4/c20-12-7-17(11-1-3-13(22)4-2-11)16(18(21)8-12)6-5-14(23)9-15(24)10-19(25)26/h1-8,14-15,23-24H,9-10H2,(H,25,26). The van der Waals surface area contributed by atoms with E-state index in [2.05, 4.69) is 0 Å². The summed E-state index contributed by atoms with van der Waals surface area (Å²) in [6.07, 6.45) is 0.178. The molecular formula is C19H17Cl2FO4. The van der Waals surface area contributed by atoms with Crippen LogP contribution in [0.4, 0.5) is 4.39 Å². The molecule has 0 aliphatic rings. The molecule has 0 bridgehead atoms. The number of hydrogen-bond acceptors (Lipinski definition) is 3. The van der Waals surface area contributed by atoms with Gasteiger partial charge in [0.05, 0.1) is 18.6 Å². The van der Waals surface area contributed by atoms with Gasteiger partial charge in [0.1, 0.15) is 5.82 Å². The van der Waals surface area contributed by atoms with Gasteiger partial charge in [-0.15, -0.1) is 0 Å². The fourth-order valence-electron chi connectivity index (χ4n) is 2.47. The van der Waals surface area contributed by atoms with Gasteiger partial charge in [-0.25, -0.2) is 4.39 Å². The topological polar surface area (TPSA) is 77.8 Å². The third-order valence-electron chi connectivity index (χ3n) is 3.66. The smallest absolute Gasteiger partial charge is 0.305 e. The third kappa shape index (κ3) is 5.81. The fraction of sp³-hybridized carbons (Fsp3) is 0.211. The molecule has 0 radical (unpaired) electrons. The Bertz CT molecular complexity index is 806. The Labute approximate surface area is 160 Å². The normalized spacial score (nSPS) is 13.7. The van der Waals surface area contributed by atoms with Crippen LogP contribution in [0.2, 0.25) is 10.0 Å². The Morgan fingerprint density at radius 3 is 2.42 bits per heavy atom. The summed E-state index contributed by atoms with van der Waals surface area (Å²) in [4.78, 5) is 10.6. The monoisotopic (exact) mass is 398 g/mol. The van der Waals surface area contributed by atoms with Crippen molar-refractivity contribution in [3.63, 3.8) is 0 Å². The summed E-state index contributed by atoms with van der Waals surface area (Å²) in [5.74, 6) is -1.52. The van der Waals surface area contributed by atoms with Crippen molar-refractivity contribution in [3.8, 4) is 11.1 Å². The van der Waals surface area contributed by atoms with Gasteiger partial charge in [0, 0.05) is 22.0 Å². The number of halogens is 3. The first-order valence-electron chi connectivity index (χ1n) is 7.77. The molecule has 0 saturated carbocycles. The number of hydrogen-bond donors (Lipinski definition) is 3. The van der Waals surface area contributed by atoms with Crippen LogP contribution in [0.15, 0.2) is 42.5 Å². The van der Waals surface area contributed by atoms with Crippen molar-refractivity contribution in [2.75, 3.05) is 0 Å². The van der Waals surface area contributed by atoms with Crippen molar-refractivity contribution in [2.45, 2.75) is 25.0 Å². The first-order chi connectivity index (χ1) is 12.3. The van der Waals surface area contributed by atoms with Crippen LogP contribution in [0.5, 0.6) is 0 Å². The summed E-state index contributed by atoms with van der Waals surface area (Å²) in [7, 11) is 0. The van der Waals surface area contributed by atoms with Gasteiger partial charge in [0.15, 0.2) is 0 Å². The van der Waals surface area contributed by atoms with E-state index in [0.717, 1.165) is 0 Å². The Morgan fingerprint density at radius 1 is 1.15 bits per heavy atom. The average Bonchev–Trinajstić information content (AvgIpc) is 2.53. The number of benzene rings is 2. The lowest BCUT2D eigenvalue weighted by Gasteiger charge is -2.12. The summed E-state index contributed by atoms with van der Waals surface area (Å²) in [6, 6.07) is 9.01. The van der Waals surface area contributed by atoms with Gasteiger partial charge in [-0.2, -0.15) is 0 Å². The highest BCUT2D eigenvalue weighted by molar-refractivity contribution is 6.36. The maximum absolute atomic E-state index is 13.2. The van der Waals surface area contributed by atoms with E-state index in [4.69, 9.17) is 28.3 Å². The second kappa shape index (κ2) is 9.14. The lowest BCUT2D eigenvalue weighted by molar-refractivity contribution is -0.139. The first-order valence-corrected chi connectivity index (χ1v) is 8.53. The summed E-state index contributed by atoms with van der Waals surface area (Å²) in [5.41, 5.74) is 1.90. The molecule has 0 spiro atoms. The predicted octanol–water partition coefficient (Wildman–Crippen LogP) is 4.40. The molecule has 0 aliphatic heterocycles. The number of carboxylic acid groups (broad SMARTS) is 1. The van der Waals surface area contributed by atoms with Crippen LogP contribution in [0, 0.1) is 5.82 Å². The SMILES string of the molecule is O=C(O)CC(O)CC(O)C=Cc1c(Cl)cc(Cl)cc1-c1ccc(F)cc1. The molecule has 0 fully saturated rings. The predicted molar refractivity (Wildman–Crippen MR) is 99.8 cm³/mol. The van der Waals surface area contributed by atoms with E-state index in [1.54, 1.807) is 30.3 Å². The molecule has 0 heterocycles. The zero-order valence-electron chi connectivity index (χ0n) is 13.6. The second-order valence-corrected chi connectivity index (χ2v) is 6.61.